The molecule has 0 heterocycles. The second-order valence-electron chi connectivity index (χ2n) is 4.08. The molecule has 4 nitrogen and oxygen atoms in total. The molecule has 19 heavy (non-hydrogen) atoms. The van der Waals surface area contributed by atoms with Gasteiger partial charge in [0, 0.05) is 23.5 Å². The molecule has 5 N–H and O–H groups in total. The number of anilines is 2. The molecule has 0 radical (unpaired) electrons. The maximum atomic E-state index is 12.8. The average Bonchev–Trinajstić information content (AvgIpc) is 2.41. The van der Waals surface area contributed by atoms with Crippen molar-refractivity contribution in [3.8, 4) is 0 Å². The highest BCUT2D eigenvalue weighted by atomic mass is 19.1. The van der Waals surface area contributed by atoms with Crippen LogP contribution in [-0.2, 0) is 6.54 Å². The van der Waals surface area contributed by atoms with Gasteiger partial charge in [-0.05, 0) is 48.0 Å². The Labute approximate surface area is 110 Å². The van der Waals surface area contributed by atoms with E-state index < -0.39 is 0 Å². The van der Waals surface area contributed by atoms with Gasteiger partial charge in [0.25, 0.3) is 5.91 Å². The van der Waals surface area contributed by atoms with E-state index in [0.717, 1.165) is 5.56 Å². The van der Waals surface area contributed by atoms with Crippen molar-refractivity contribution >= 4 is 17.3 Å². The third-order valence-corrected chi connectivity index (χ3v) is 2.73. The molecule has 0 unspecified atom stereocenters. The first-order chi connectivity index (χ1) is 9.10. The lowest BCUT2D eigenvalue weighted by atomic mass is 10.1. The highest BCUT2D eigenvalue weighted by Gasteiger charge is 2.07. The lowest BCUT2D eigenvalue weighted by Gasteiger charge is -2.08. The minimum atomic E-state index is -0.380. The number of rotatable bonds is 3. The number of carbonyl (C=O) groups excluding carboxylic acids is 1. The predicted molar refractivity (Wildman–Crippen MR) is 73.1 cm³/mol. The van der Waals surface area contributed by atoms with Crippen LogP contribution < -0.4 is 16.8 Å². The lowest BCUT2D eigenvalue weighted by molar-refractivity contribution is 0.102. The van der Waals surface area contributed by atoms with Crippen molar-refractivity contribution in [3.63, 3.8) is 0 Å². The summed E-state index contributed by atoms with van der Waals surface area (Å²) in [5, 5.41) is 2.71. The Morgan fingerprint density at radius 2 is 1.84 bits per heavy atom. The van der Waals surface area contributed by atoms with Gasteiger partial charge >= 0.3 is 0 Å². The first kappa shape index (κ1) is 13.0. The first-order valence-electron chi connectivity index (χ1n) is 5.75. The van der Waals surface area contributed by atoms with Gasteiger partial charge in [-0.15, -0.1) is 0 Å². The Hall–Kier alpha value is -2.40. The van der Waals surface area contributed by atoms with Gasteiger partial charge in [0.15, 0.2) is 0 Å². The normalized spacial score (nSPS) is 10.2. The quantitative estimate of drug-likeness (QED) is 0.738. The molecule has 0 aliphatic carbocycles. The molecule has 1 amide bonds. The molecule has 5 heteroatoms. The summed E-state index contributed by atoms with van der Waals surface area (Å²) in [4.78, 5) is 11.9. The van der Waals surface area contributed by atoms with E-state index in [0.29, 0.717) is 23.5 Å². The Kier molecular flexibility index (Phi) is 3.77. The second-order valence-corrected chi connectivity index (χ2v) is 4.08. The Morgan fingerprint density at radius 1 is 1.16 bits per heavy atom. The molecular formula is C14H14FN3O. The van der Waals surface area contributed by atoms with Crippen LogP contribution in [-0.4, -0.2) is 5.91 Å². The molecule has 98 valence electrons. The van der Waals surface area contributed by atoms with Crippen LogP contribution in [0.1, 0.15) is 15.9 Å². The third kappa shape index (κ3) is 3.08. The summed E-state index contributed by atoms with van der Waals surface area (Å²) in [6, 6.07) is 10.4. The zero-order chi connectivity index (χ0) is 13.8. The smallest absolute Gasteiger partial charge is 0.255 e. The summed E-state index contributed by atoms with van der Waals surface area (Å²) in [6.07, 6.45) is 0. The van der Waals surface area contributed by atoms with Crippen molar-refractivity contribution < 1.29 is 9.18 Å². The largest absolute Gasteiger partial charge is 0.398 e. The van der Waals surface area contributed by atoms with Crippen molar-refractivity contribution in [2.45, 2.75) is 6.54 Å². The van der Waals surface area contributed by atoms with Crippen LogP contribution in [0.15, 0.2) is 42.5 Å². The van der Waals surface area contributed by atoms with Gasteiger partial charge in [-0.25, -0.2) is 4.39 Å². The maximum absolute atomic E-state index is 12.8. The Bertz CT molecular complexity index is 596. The number of benzene rings is 2. The van der Waals surface area contributed by atoms with Crippen molar-refractivity contribution in [1.29, 1.82) is 0 Å². The van der Waals surface area contributed by atoms with E-state index in [1.54, 1.807) is 18.2 Å². The van der Waals surface area contributed by atoms with Crippen molar-refractivity contribution in [1.82, 2.24) is 0 Å². The second kappa shape index (κ2) is 5.49. The number of nitrogens with two attached hydrogens (primary N) is 2. The van der Waals surface area contributed by atoms with Crippen LogP contribution in [0.25, 0.3) is 0 Å². The number of amides is 1. The molecule has 2 rings (SSSR count). The molecule has 0 atom stereocenters. The fourth-order valence-electron chi connectivity index (χ4n) is 1.66. The van der Waals surface area contributed by atoms with Crippen molar-refractivity contribution in [3.05, 3.63) is 59.4 Å². The number of carbonyl (C=O) groups is 1. The highest BCUT2D eigenvalue weighted by molar-refractivity contribution is 6.04. The molecule has 0 saturated heterocycles. The molecule has 0 saturated carbocycles. The minimum absolute atomic E-state index is 0.298. The van der Waals surface area contributed by atoms with Gasteiger partial charge in [0.05, 0.1) is 0 Å². The van der Waals surface area contributed by atoms with Crippen molar-refractivity contribution in [2.75, 3.05) is 11.1 Å². The van der Waals surface area contributed by atoms with Crippen LogP contribution in [0.2, 0.25) is 0 Å². The van der Waals surface area contributed by atoms with E-state index in [4.69, 9.17) is 11.5 Å². The van der Waals surface area contributed by atoms with Gasteiger partial charge in [-0.3, -0.25) is 4.79 Å². The zero-order valence-corrected chi connectivity index (χ0v) is 10.2. The summed E-state index contributed by atoms with van der Waals surface area (Å²) in [6.45, 7) is 0.298. The fraction of sp³-hybridized carbons (Fsp3) is 0.0714. The van der Waals surface area contributed by atoms with Crippen LogP contribution in [0.5, 0.6) is 0 Å². The molecule has 2 aromatic rings. The van der Waals surface area contributed by atoms with Crippen LogP contribution in [0.3, 0.4) is 0 Å². The van der Waals surface area contributed by atoms with Gasteiger partial charge in [-0.2, -0.15) is 0 Å². The summed E-state index contributed by atoms with van der Waals surface area (Å²) in [5.74, 6) is -0.692. The number of nitrogen functional groups attached to an aromatic ring is 1. The van der Waals surface area contributed by atoms with Crippen LogP contribution >= 0.6 is 0 Å². The molecular weight excluding hydrogens is 245 g/mol. The molecule has 0 aliphatic heterocycles. The molecule has 0 bridgehead atoms. The minimum Gasteiger partial charge on any atom is -0.398 e. The monoisotopic (exact) mass is 259 g/mol. The predicted octanol–water partition coefficient (Wildman–Crippen LogP) is 2.12. The van der Waals surface area contributed by atoms with Crippen LogP contribution in [0.4, 0.5) is 15.8 Å². The SMILES string of the molecule is NCc1cc(NC(=O)c2ccc(F)cc2)ccc1N. The van der Waals surface area contributed by atoms with E-state index in [1.165, 1.54) is 24.3 Å². The number of hydrogen-bond donors (Lipinski definition) is 3. The van der Waals surface area contributed by atoms with E-state index >= 15 is 0 Å². The number of nitrogens with one attached hydrogen (secondary N) is 1. The summed E-state index contributed by atoms with van der Waals surface area (Å²) in [5.41, 5.74) is 13.6. The molecule has 0 aliphatic rings. The van der Waals surface area contributed by atoms with E-state index in [9.17, 15) is 9.18 Å². The molecule has 0 fully saturated rings. The van der Waals surface area contributed by atoms with E-state index in [1.807, 2.05) is 0 Å². The number of hydrogen-bond acceptors (Lipinski definition) is 3. The summed E-state index contributed by atoms with van der Waals surface area (Å²) < 4.78 is 12.8. The van der Waals surface area contributed by atoms with E-state index in [-0.39, 0.29) is 11.7 Å². The first-order valence-corrected chi connectivity index (χ1v) is 5.75. The maximum Gasteiger partial charge on any atom is 0.255 e. The standard InChI is InChI=1S/C14H14FN3O/c15-11-3-1-9(2-4-11)14(19)18-12-5-6-13(17)10(7-12)8-16/h1-7H,8,16-17H2,(H,18,19). The molecule has 2 aromatic carbocycles. The fourth-order valence-corrected chi connectivity index (χ4v) is 1.66. The number of halogens is 1. The Morgan fingerprint density at radius 3 is 2.47 bits per heavy atom. The lowest BCUT2D eigenvalue weighted by Crippen LogP contribution is -2.12. The van der Waals surface area contributed by atoms with Gasteiger partial charge in [0.2, 0.25) is 0 Å². The zero-order valence-electron chi connectivity index (χ0n) is 10.2. The van der Waals surface area contributed by atoms with Gasteiger partial charge in [0.1, 0.15) is 5.82 Å². The van der Waals surface area contributed by atoms with Gasteiger partial charge in [-0.1, -0.05) is 0 Å². The van der Waals surface area contributed by atoms with E-state index in [2.05, 4.69) is 5.32 Å². The van der Waals surface area contributed by atoms with Crippen LogP contribution in [0, 0.1) is 5.82 Å². The summed E-state index contributed by atoms with van der Waals surface area (Å²) >= 11 is 0. The summed E-state index contributed by atoms with van der Waals surface area (Å²) in [7, 11) is 0. The van der Waals surface area contributed by atoms with Gasteiger partial charge < -0.3 is 16.8 Å². The Balaban J connectivity index is 2.17. The highest BCUT2D eigenvalue weighted by Crippen LogP contribution is 2.18. The third-order valence-electron chi connectivity index (χ3n) is 2.73. The average molecular weight is 259 g/mol. The van der Waals surface area contributed by atoms with Crippen molar-refractivity contribution in [2.24, 2.45) is 5.73 Å². The molecule has 0 spiro atoms. The topological polar surface area (TPSA) is 81.1 Å². The molecule has 0 aromatic heterocycles.